The molecule has 2 aromatic rings. The second-order valence-electron chi connectivity index (χ2n) is 11.3. The van der Waals surface area contributed by atoms with Crippen molar-refractivity contribution in [2.45, 2.75) is 90.8 Å². The molecule has 0 N–H and O–H groups in total. The van der Waals surface area contributed by atoms with Crippen LogP contribution in [0.3, 0.4) is 0 Å². The molecule has 1 aliphatic heterocycles. The van der Waals surface area contributed by atoms with Crippen molar-refractivity contribution in [2.24, 2.45) is 0 Å². The van der Waals surface area contributed by atoms with Crippen molar-refractivity contribution in [2.75, 3.05) is 6.26 Å². The van der Waals surface area contributed by atoms with E-state index in [1.54, 1.807) is 32.1 Å². The van der Waals surface area contributed by atoms with E-state index in [0.717, 1.165) is 6.26 Å². The molecule has 1 aliphatic rings. The average molecular weight is 565 g/mol. The zero-order valence-electron chi connectivity index (χ0n) is 23.6. The fourth-order valence-corrected chi connectivity index (χ4v) is 4.58. The number of rotatable bonds is 8. The van der Waals surface area contributed by atoms with Crippen LogP contribution in [-0.4, -0.2) is 54.2 Å². The number of hydrogen-bond donors (Lipinski definition) is 0. The minimum atomic E-state index is -3.88. The van der Waals surface area contributed by atoms with Gasteiger partial charge in [0.15, 0.2) is 5.79 Å². The van der Waals surface area contributed by atoms with E-state index in [0.29, 0.717) is 28.9 Å². The monoisotopic (exact) mass is 564 g/mol. The first-order valence-corrected chi connectivity index (χ1v) is 14.6. The van der Waals surface area contributed by atoms with Crippen molar-refractivity contribution in [3.05, 3.63) is 47.4 Å². The molecule has 11 heteroatoms. The van der Waals surface area contributed by atoms with Gasteiger partial charge < -0.3 is 18.4 Å². The summed E-state index contributed by atoms with van der Waals surface area (Å²) in [7, 11) is -3.88. The molecule has 3 rings (SSSR count). The number of carbonyl (C=O) groups is 1. The lowest BCUT2D eigenvalue weighted by Gasteiger charge is -2.39. The molecule has 214 valence electrons. The van der Waals surface area contributed by atoms with Crippen molar-refractivity contribution >= 4 is 22.2 Å². The molecule has 0 amide bonds. The summed E-state index contributed by atoms with van der Waals surface area (Å²) in [6.45, 7) is 12.8. The standard InChI is InChI=1S/C28H37FN2O7S/c1-17(2)24-22(25(18-9-11-19(29)12-10-18)31-26(30-24)38-39(8,33)34)14-13-20-15-21(36-28(6,7)35-20)16-23(32)37-27(3,4)5/h9-14,17,20-21H,15-16H2,1-8H3/b14-13+/t20-,21-/m1/s1. The highest BCUT2D eigenvalue weighted by atomic mass is 32.2. The molecule has 0 unspecified atom stereocenters. The summed E-state index contributed by atoms with van der Waals surface area (Å²) in [6.07, 6.45) is 4.17. The molecule has 1 fully saturated rings. The van der Waals surface area contributed by atoms with Crippen LogP contribution in [0, 0.1) is 5.82 Å². The van der Waals surface area contributed by atoms with Gasteiger partial charge in [0.25, 0.3) is 0 Å². The van der Waals surface area contributed by atoms with E-state index in [2.05, 4.69) is 9.97 Å². The van der Waals surface area contributed by atoms with Gasteiger partial charge >= 0.3 is 22.1 Å². The number of carbonyl (C=O) groups excluding carboxylic acids is 1. The van der Waals surface area contributed by atoms with Crippen LogP contribution in [0.4, 0.5) is 4.39 Å². The lowest BCUT2D eigenvalue weighted by molar-refractivity contribution is -0.290. The van der Waals surface area contributed by atoms with Crippen LogP contribution in [0.5, 0.6) is 6.01 Å². The van der Waals surface area contributed by atoms with Gasteiger partial charge in [-0.25, -0.2) is 4.39 Å². The molecule has 1 aromatic heterocycles. The maximum Gasteiger partial charge on any atom is 0.333 e. The minimum Gasteiger partial charge on any atom is -0.460 e. The number of halogens is 1. The Morgan fingerprint density at radius 2 is 1.82 bits per heavy atom. The van der Waals surface area contributed by atoms with Gasteiger partial charge in [0.2, 0.25) is 0 Å². The van der Waals surface area contributed by atoms with E-state index in [-0.39, 0.29) is 24.3 Å². The number of benzene rings is 1. The summed E-state index contributed by atoms with van der Waals surface area (Å²) in [4.78, 5) is 21.2. The predicted octanol–water partition coefficient (Wildman–Crippen LogP) is 5.40. The maximum atomic E-state index is 13.7. The highest BCUT2D eigenvalue weighted by molar-refractivity contribution is 7.86. The SMILES string of the molecule is CC(C)c1nc(OS(C)(=O)=O)nc(-c2ccc(F)cc2)c1/C=C/[C@@H]1C[C@H](CC(=O)OC(C)(C)C)OC(C)(C)O1. The minimum absolute atomic E-state index is 0.0765. The van der Waals surface area contributed by atoms with Crippen LogP contribution in [-0.2, 0) is 29.1 Å². The fraction of sp³-hybridized carbons (Fsp3) is 0.536. The number of nitrogens with zero attached hydrogens (tertiary/aromatic N) is 2. The van der Waals surface area contributed by atoms with Gasteiger partial charge in [0, 0.05) is 17.5 Å². The molecular formula is C28H37FN2O7S. The molecule has 0 aliphatic carbocycles. The molecule has 0 saturated carbocycles. The first kappa shape index (κ1) is 30.6. The third kappa shape index (κ3) is 9.36. The summed E-state index contributed by atoms with van der Waals surface area (Å²) in [5.41, 5.74) is 1.47. The topological polar surface area (TPSA) is 114 Å². The molecule has 2 atom stereocenters. The van der Waals surface area contributed by atoms with Gasteiger partial charge in [0.05, 0.1) is 36.3 Å². The van der Waals surface area contributed by atoms with Crippen molar-refractivity contribution in [3.8, 4) is 17.3 Å². The van der Waals surface area contributed by atoms with Crippen LogP contribution >= 0.6 is 0 Å². The quantitative estimate of drug-likeness (QED) is 0.307. The fourth-order valence-electron chi connectivity index (χ4n) is 4.23. The number of aromatic nitrogens is 2. The van der Waals surface area contributed by atoms with Crippen molar-refractivity contribution in [1.82, 2.24) is 9.97 Å². The maximum absolute atomic E-state index is 13.7. The molecule has 2 heterocycles. The van der Waals surface area contributed by atoms with Gasteiger partial charge in [-0.05, 0) is 64.8 Å². The summed E-state index contributed by atoms with van der Waals surface area (Å²) in [5.74, 6) is -1.87. The third-order valence-corrected chi connectivity index (χ3v) is 5.97. The molecule has 0 bridgehead atoms. The van der Waals surface area contributed by atoms with Crippen LogP contribution in [0.2, 0.25) is 0 Å². The van der Waals surface area contributed by atoms with E-state index >= 15 is 0 Å². The first-order chi connectivity index (χ1) is 17.9. The van der Waals surface area contributed by atoms with Gasteiger partial charge in [-0.3, -0.25) is 4.79 Å². The van der Waals surface area contributed by atoms with Gasteiger partial charge in [-0.15, -0.1) is 0 Å². The highest BCUT2D eigenvalue weighted by Gasteiger charge is 2.36. The number of esters is 1. The second kappa shape index (κ2) is 11.7. The van der Waals surface area contributed by atoms with Crippen LogP contribution < -0.4 is 4.18 Å². The van der Waals surface area contributed by atoms with Gasteiger partial charge in [-0.1, -0.05) is 26.0 Å². The van der Waals surface area contributed by atoms with Gasteiger partial charge in [0.1, 0.15) is 11.4 Å². The van der Waals surface area contributed by atoms with E-state index in [1.165, 1.54) is 12.1 Å². The summed E-state index contributed by atoms with van der Waals surface area (Å²) >= 11 is 0. The average Bonchev–Trinajstić information content (AvgIpc) is 2.74. The number of ether oxygens (including phenoxy) is 3. The molecule has 1 aromatic carbocycles. The number of hydrogen-bond acceptors (Lipinski definition) is 9. The van der Waals surface area contributed by atoms with Crippen LogP contribution in [0.15, 0.2) is 30.3 Å². The Morgan fingerprint density at radius 3 is 2.38 bits per heavy atom. The predicted molar refractivity (Wildman–Crippen MR) is 145 cm³/mol. The summed E-state index contributed by atoms with van der Waals surface area (Å²) < 4.78 is 59.8. The molecule has 9 nitrogen and oxygen atoms in total. The Morgan fingerprint density at radius 1 is 1.18 bits per heavy atom. The molecule has 0 radical (unpaired) electrons. The van der Waals surface area contributed by atoms with E-state index in [9.17, 15) is 17.6 Å². The Kier molecular flexibility index (Phi) is 9.19. The largest absolute Gasteiger partial charge is 0.460 e. The zero-order chi connectivity index (χ0) is 29.2. The zero-order valence-corrected chi connectivity index (χ0v) is 24.5. The van der Waals surface area contributed by atoms with Crippen LogP contribution in [0.1, 0.15) is 78.5 Å². The Hall–Kier alpha value is -2.89. The summed E-state index contributed by atoms with van der Waals surface area (Å²) in [6, 6.07) is 5.37. The smallest absolute Gasteiger partial charge is 0.333 e. The van der Waals surface area contributed by atoms with E-state index in [4.69, 9.17) is 18.4 Å². The molecule has 39 heavy (non-hydrogen) atoms. The lowest BCUT2D eigenvalue weighted by atomic mass is 9.97. The summed E-state index contributed by atoms with van der Waals surface area (Å²) in [5, 5.41) is 0. The highest BCUT2D eigenvalue weighted by Crippen LogP contribution is 2.34. The van der Waals surface area contributed by atoms with Crippen LogP contribution in [0.25, 0.3) is 17.3 Å². The van der Waals surface area contributed by atoms with E-state index in [1.807, 2.05) is 40.7 Å². The Balaban J connectivity index is 2.00. The van der Waals surface area contributed by atoms with Gasteiger partial charge in [-0.2, -0.15) is 18.4 Å². The third-order valence-electron chi connectivity index (χ3n) is 5.52. The Bertz CT molecular complexity index is 1320. The first-order valence-electron chi connectivity index (χ1n) is 12.7. The molecular weight excluding hydrogens is 527 g/mol. The second-order valence-corrected chi connectivity index (χ2v) is 12.9. The molecule has 0 spiro atoms. The van der Waals surface area contributed by atoms with Crippen molar-refractivity contribution in [3.63, 3.8) is 0 Å². The van der Waals surface area contributed by atoms with Crippen molar-refractivity contribution < 1.29 is 36.0 Å². The lowest BCUT2D eigenvalue weighted by Crippen LogP contribution is -2.45. The Labute approximate surface area is 229 Å². The normalized spacial score (nSPS) is 19.8. The molecule has 1 saturated heterocycles. The van der Waals surface area contributed by atoms with Crippen molar-refractivity contribution in [1.29, 1.82) is 0 Å². The van der Waals surface area contributed by atoms with E-state index < -0.39 is 39.5 Å².